The summed E-state index contributed by atoms with van der Waals surface area (Å²) in [7, 11) is 3.19. The Balaban J connectivity index is 1.12. The average Bonchev–Trinajstić information content (AvgIpc) is 3.65. The van der Waals surface area contributed by atoms with Crippen LogP contribution in [0, 0.1) is 11.8 Å². The molecule has 1 spiro atoms. The molecule has 2 amide bonds. The van der Waals surface area contributed by atoms with E-state index in [-0.39, 0.29) is 24.7 Å². The highest BCUT2D eigenvalue weighted by molar-refractivity contribution is 5.93. The molecule has 4 heterocycles. The van der Waals surface area contributed by atoms with E-state index >= 15 is 0 Å². The van der Waals surface area contributed by atoms with Crippen LogP contribution in [-0.2, 0) is 27.3 Å². The number of benzene rings is 2. The number of carbonyl (C=O) groups is 2. The lowest BCUT2D eigenvalue weighted by Gasteiger charge is -2.23. The molecule has 4 aliphatic heterocycles. The molecule has 1 N–H and O–H groups in total. The number of ether oxygens (including phenoxy) is 5. The Morgan fingerprint density at radius 1 is 1.08 bits per heavy atom. The summed E-state index contributed by atoms with van der Waals surface area (Å²) < 4.78 is 27.7. The van der Waals surface area contributed by atoms with Gasteiger partial charge >= 0.3 is 0 Å². The van der Waals surface area contributed by atoms with E-state index in [0.29, 0.717) is 49.1 Å². The molecule has 0 radical (unpaired) electrons. The standard InChI is InChI=1S/C27H28N2O7/c1-32-18-5-3-16(11-21(18)33-2)8-10-28-25(30)23-20-7-9-27(36-20)14-29(26(31)24(23)27)13-17-4-6-19-22(12-17)35-15-34-19/h3-7,9,11-12,20,23-24H,8,10,13-15H2,1-2H3,(H,28,30)/t20-,23?,24?,27-/m1/s1. The van der Waals surface area contributed by atoms with Gasteiger partial charge in [-0.25, -0.2) is 0 Å². The Labute approximate surface area is 208 Å². The van der Waals surface area contributed by atoms with Crippen molar-refractivity contribution in [2.75, 3.05) is 34.1 Å². The third kappa shape index (κ3) is 3.65. The van der Waals surface area contributed by atoms with Crippen molar-refractivity contribution in [3.05, 3.63) is 59.7 Å². The van der Waals surface area contributed by atoms with Crippen LogP contribution in [0.15, 0.2) is 48.6 Å². The predicted molar refractivity (Wildman–Crippen MR) is 128 cm³/mol. The highest BCUT2D eigenvalue weighted by Crippen LogP contribution is 2.52. The molecule has 2 bridgehead atoms. The zero-order chi connectivity index (χ0) is 24.9. The third-order valence-corrected chi connectivity index (χ3v) is 7.45. The molecular weight excluding hydrogens is 464 g/mol. The Hall–Kier alpha value is -3.72. The van der Waals surface area contributed by atoms with Crippen LogP contribution in [0.2, 0.25) is 0 Å². The summed E-state index contributed by atoms with van der Waals surface area (Å²) in [5, 5.41) is 3.02. The van der Waals surface area contributed by atoms with Crippen LogP contribution in [0.3, 0.4) is 0 Å². The van der Waals surface area contributed by atoms with E-state index in [0.717, 1.165) is 11.1 Å². The molecule has 2 saturated heterocycles. The first kappa shape index (κ1) is 22.7. The second-order valence-electron chi connectivity index (χ2n) is 9.51. The number of nitrogens with zero attached hydrogens (tertiary/aromatic N) is 1. The summed E-state index contributed by atoms with van der Waals surface area (Å²) in [5.74, 6) is 1.41. The highest BCUT2D eigenvalue weighted by atomic mass is 16.7. The van der Waals surface area contributed by atoms with Crippen molar-refractivity contribution in [1.82, 2.24) is 10.2 Å². The van der Waals surface area contributed by atoms with Crippen LogP contribution in [0.5, 0.6) is 23.0 Å². The number of fused-ring (bicyclic) bond motifs is 2. The zero-order valence-electron chi connectivity index (χ0n) is 20.2. The summed E-state index contributed by atoms with van der Waals surface area (Å²) in [6, 6.07) is 11.4. The topological polar surface area (TPSA) is 95.6 Å². The molecular formula is C27H28N2O7. The predicted octanol–water partition coefficient (Wildman–Crippen LogP) is 2.07. The first-order chi connectivity index (χ1) is 17.5. The van der Waals surface area contributed by atoms with Crippen LogP contribution >= 0.6 is 0 Å². The zero-order valence-corrected chi connectivity index (χ0v) is 20.2. The highest BCUT2D eigenvalue weighted by Gasteiger charge is 2.66. The van der Waals surface area contributed by atoms with Gasteiger partial charge in [-0.15, -0.1) is 0 Å². The lowest BCUT2D eigenvalue weighted by atomic mass is 9.77. The average molecular weight is 493 g/mol. The molecule has 2 aromatic carbocycles. The maximum absolute atomic E-state index is 13.5. The summed E-state index contributed by atoms with van der Waals surface area (Å²) in [5.41, 5.74) is 1.21. The van der Waals surface area contributed by atoms with E-state index in [9.17, 15) is 9.59 Å². The van der Waals surface area contributed by atoms with Crippen molar-refractivity contribution in [3.8, 4) is 23.0 Å². The fourth-order valence-electron chi connectivity index (χ4n) is 5.76. The Morgan fingerprint density at radius 3 is 2.72 bits per heavy atom. The summed E-state index contributed by atoms with van der Waals surface area (Å²) in [6.07, 6.45) is 4.13. The van der Waals surface area contributed by atoms with Crippen LogP contribution in [0.25, 0.3) is 0 Å². The molecule has 0 saturated carbocycles. The molecule has 2 unspecified atom stereocenters. The Morgan fingerprint density at radius 2 is 1.89 bits per heavy atom. The number of rotatable bonds is 8. The minimum Gasteiger partial charge on any atom is -0.493 e. The number of carbonyl (C=O) groups excluding carboxylic acids is 2. The van der Waals surface area contributed by atoms with Crippen LogP contribution in [0.4, 0.5) is 0 Å². The molecule has 9 heteroatoms. The van der Waals surface area contributed by atoms with E-state index < -0.39 is 17.4 Å². The summed E-state index contributed by atoms with van der Waals surface area (Å²) in [4.78, 5) is 28.5. The van der Waals surface area contributed by atoms with E-state index in [1.807, 2.05) is 48.6 Å². The SMILES string of the molecule is COc1ccc(CCNC(=O)C2C3C(=O)N(Cc4ccc5c(c4)OCO5)C[C@]34C=C[C@H]2O4)cc1OC. The first-order valence-electron chi connectivity index (χ1n) is 12.0. The molecule has 4 aliphatic rings. The number of hydrogen-bond acceptors (Lipinski definition) is 7. The van der Waals surface area contributed by atoms with Crippen LogP contribution < -0.4 is 24.3 Å². The van der Waals surface area contributed by atoms with E-state index in [2.05, 4.69) is 5.32 Å². The quantitative estimate of drug-likeness (QED) is 0.564. The van der Waals surface area contributed by atoms with Crippen molar-refractivity contribution < 1.29 is 33.3 Å². The van der Waals surface area contributed by atoms with Gasteiger partial charge in [0, 0.05) is 13.1 Å². The van der Waals surface area contributed by atoms with Gasteiger partial charge in [-0.2, -0.15) is 0 Å². The van der Waals surface area contributed by atoms with Crippen molar-refractivity contribution in [2.45, 2.75) is 24.7 Å². The van der Waals surface area contributed by atoms with E-state index in [4.69, 9.17) is 23.7 Å². The number of hydrogen-bond donors (Lipinski definition) is 1. The fraction of sp³-hybridized carbons (Fsp3) is 0.407. The minimum atomic E-state index is -0.747. The molecule has 9 nitrogen and oxygen atoms in total. The molecule has 0 aliphatic carbocycles. The van der Waals surface area contributed by atoms with Gasteiger partial charge in [0.2, 0.25) is 18.6 Å². The number of methoxy groups -OCH3 is 2. The molecule has 36 heavy (non-hydrogen) atoms. The van der Waals surface area contributed by atoms with E-state index in [1.165, 1.54) is 0 Å². The maximum atomic E-state index is 13.5. The van der Waals surface area contributed by atoms with Crippen molar-refractivity contribution in [3.63, 3.8) is 0 Å². The first-order valence-corrected chi connectivity index (χ1v) is 12.0. The smallest absolute Gasteiger partial charge is 0.231 e. The van der Waals surface area contributed by atoms with Gasteiger partial charge in [-0.1, -0.05) is 24.3 Å². The molecule has 4 atom stereocenters. The van der Waals surface area contributed by atoms with Crippen molar-refractivity contribution in [1.29, 1.82) is 0 Å². The van der Waals surface area contributed by atoms with Gasteiger partial charge in [-0.3, -0.25) is 9.59 Å². The molecule has 2 aromatic rings. The van der Waals surface area contributed by atoms with E-state index in [1.54, 1.807) is 19.1 Å². The van der Waals surface area contributed by atoms with Gasteiger partial charge in [0.1, 0.15) is 5.60 Å². The lowest BCUT2D eigenvalue weighted by molar-refractivity contribution is -0.137. The molecule has 188 valence electrons. The maximum Gasteiger partial charge on any atom is 0.231 e. The van der Waals surface area contributed by atoms with Crippen molar-refractivity contribution in [2.24, 2.45) is 11.8 Å². The van der Waals surface area contributed by atoms with Crippen LogP contribution in [0.1, 0.15) is 11.1 Å². The van der Waals surface area contributed by atoms with Crippen molar-refractivity contribution >= 4 is 11.8 Å². The summed E-state index contributed by atoms with van der Waals surface area (Å²) >= 11 is 0. The number of likely N-dealkylation sites (tertiary alicyclic amines) is 1. The Kier molecular flexibility index (Phi) is 5.52. The monoisotopic (exact) mass is 492 g/mol. The summed E-state index contributed by atoms with van der Waals surface area (Å²) in [6.45, 7) is 1.49. The molecule has 0 aromatic heterocycles. The van der Waals surface area contributed by atoms with Gasteiger partial charge in [0.05, 0.1) is 38.7 Å². The fourth-order valence-corrected chi connectivity index (χ4v) is 5.76. The number of amides is 2. The largest absolute Gasteiger partial charge is 0.493 e. The lowest BCUT2D eigenvalue weighted by Crippen LogP contribution is -2.44. The minimum absolute atomic E-state index is 0.0560. The molecule has 6 rings (SSSR count). The Bertz CT molecular complexity index is 1240. The van der Waals surface area contributed by atoms with Gasteiger partial charge in [0.25, 0.3) is 0 Å². The second kappa shape index (κ2) is 8.74. The van der Waals surface area contributed by atoms with Gasteiger partial charge in [-0.05, 0) is 41.8 Å². The van der Waals surface area contributed by atoms with Crippen LogP contribution in [-0.4, -0.2) is 62.5 Å². The second-order valence-corrected chi connectivity index (χ2v) is 9.51. The van der Waals surface area contributed by atoms with Gasteiger partial charge in [0.15, 0.2) is 23.0 Å². The normalized spacial score (nSPS) is 26.9. The third-order valence-electron chi connectivity index (χ3n) is 7.45. The number of nitrogens with one attached hydrogen (secondary N) is 1. The van der Waals surface area contributed by atoms with Gasteiger partial charge < -0.3 is 33.9 Å². The molecule has 2 fully saturated rings.